The number of aliphatic imine (C=N–C) groups is 1. The maximum atomic E-state index is 15.0. The number of hydrogen-bond acceptors (Lipinski definition) is 16. The number of carbonyl (C=O) groups excluding carboxylic acids is 4. The molecule has 18 heteroatoms. The van der Waals surface area contributed by atoms with Crippen molar-refractivity contribution in [2.75, 3.05) is 19.8 Å². The monoisotopic (exact) mass is 869 g/mol. The Morgan fingerprint density at radius 1 is 0.905 bits per heavy atom. The Morgan fingerprint density at radius 3 is 2.29 bits per heavy atom. The lowest BCUT2D eigenvalue weighted by Gasteiger charge is -2.45. The molecule has 1 heterocycles. The summed E-state index contributed by atoms with van der Waals surface area (Å²) in [6, 6.07) is 14.0. The van der Waals surface area contributed by atoms with Crippen molar-refractivity contribution in [3.8, 4) is 17.2 Å². The van der Waals surface area contributed by atoms with Gasteiger partial charge < -0.3 is 66.2 Å². The molecule has 11 N–H and O–H groups in total. The Morgan fingerprint density at radius 2 is 1.62 bits per heavy atom. The molecule has 6 rings (SSSR count). The number of ketones is 2. The predicted molar refractivity (Wildman–Crippen MR) is 224 cm³/mol. The Balaban J connectivity index is 1.58. The lowest BCUT2D eigenvalue weighted by atomic mass is 9.77. The van der Waals surface area contributed by atoms with Gasteiger partial charge in [0, 0.05) is 53.3 Å². The smallest absolute Gasteiger partial charge is 0.308 e. The van der Waals surface area contributed by atoms with Crippen molar-refractivity contribution in [2.45, 2.75) is 70.3 Å². The van der Waals surface area contributed by atoms with Crippen LogP contribution in [0.15, 0.2) is 59.6 Å². The van der Waals surface area contributed by atoms with E-state index in [0.29, 0.717) is 18.3 Å². The summed E-state index contributed by atoms with van der Waals surface area (Å²) in [6.07, 6.45) is -3.47. The number of aldehydes is 1. The van der Waals surface area contributed by atoms with Crippen LogP contribution in [0.2, 0.25) is 0 Å². The van der Waals surface area contributed by atoms with E-state index in [4.69, 9.17) is 30.4 Å². The summed E-state index contributed by atoms with van der Waals surface area (Å²) in [5, 5.41) is 75.4. The van der Waals surface area contributed by atoms with Crippen LogP contribution in [-0.4, -0.2) is 116 Å². The third kappa shape index (κ3) is 9.38. The van der Waals surface area contributed by atoms with Gasteiger partial charge in [-0.15, -0.1) is 0 Å². The summed E-state index contributed by atoms with van der Waals surface area (Å²) >= 11 is 0. The first-order valence-electron chi connectivity index (χ1n) is 19.7. The number of rotatable bonds is 16. The van der Waals surface area contributed by atoms with Crippen LogP contribution in [0.5, 0.6) is 17.2 Å². The van der Waals surface area contributed by atoms with Gasteiger partial charge in [-0.25, -0.2) is 0 Å². The molecule has 332 valence electrons. The van der Waals surface area contributed by atoms with Gasteiger partial charge in [0.15, 0.2) is 29.9 Å². The number of esters is 1. The molecule has 0 saturated carbocycles. The molecule has 0 spiro atoms. The molecular formula is C45H47N3O15. The van der Waals surface area contributed by atoms with Crippen LogP contribution in [0.1, 0.15) is 95.0 Å². The van der Waals surface area contributed by atoms with Gasteiger partial charge in [0.1, 0.15) is 23.4 Å². The third-order valence-electron chi connectivity index (χ3n) is 10.7. The molecule has 1 aliphatic carbocycles. The lowest BCUT2D eigenvalue weighted by molar-refractivity contribution is -0.378. The highest BCUT2D eigenvalue weighted by Crippen LogP contribution is 2.46. The molecule has 63 heavy (non-hydrogen) atoms. The molecule has 0 aromatic heterocycles. The van der Waals surface area contributed by atoms with Gasteiger partial charge in [0.25, 0.3) is 0 Å². The second-order valence-electron chi connectivity index (χ2n) is 14.9. The summed E-state index contributed by atoms with van der Waals surface area (Å²) < 4.78 is 23.4. The summed E-state index contributed by atoms with van der Waals surface area (Å²) in [5.74, 6) is -7.25. The minimum absolute atomic E-state index is 0.0329. The zero-order valence-electron chi connectivity index (χ0n) is 34.2. The Kier molecular flexibility index (Phi) is 14.2. The Hall–Kier alpha value is -6.35. The number of nitrogens with zero attached hydrogens (tertiary/aromatic N) is 1. The van der Waals surface area contributed by atoms with Crippen LogP contribution in [0.25, 0.3) is 12.2 Å². The fourth-order valence-electron chi connectivity index (χ4n) is 7.68. The van der Waals surface area contributed by atoms with Crippen LogP contribution in [0, 0.1) is 0 Å². The van der Waals surface area contributed by atoms with Crippen LogP contribution >= 0.6 is 0 Å². The first-order chi connectivity index (χ1) is 30.0. The fraction of sp³-hybridized carbons (Fsp3) is 0.311. The zero-order valence-corrected chi connectivity index (χ0v) is 34.2. The van der Waals surface area contributed by atoms with E-state index in [1.807, 2.05) is 6.07 Å². The van der Waals surface area contributed by atoms with Crippen molar-refractivity contribution in [2.24, 2.45) is 16.5 Å². The van der Waals surface area contributed by atoms with Crippen molar-refractivity contribution in [1.82, 2.24) is 0 Å². The Labute approximate surface area is 360 Å². The van der Waals surface area contributed by atoms with Gasteiger partial charge in [0.2, 0.25) is 12.1 Å². The number of benzene rings is 4. The third-order valence-corrected chi connectivity index (χ3v) is 10.7. The highest BCUT2D eigenvalue weighted by molar-refractivity contribution is 6.31. The van der Waals surface area contributed by atoms with Gasteiger partial charge in [-0.1, -0.05) is 48.5 Å². The van der Waals surface area contributed by atoms with Crippen molar-refractivity contribution in [3.63, 3.8) is 0 Å². The van der Waals surface area contributed by atoms with Gasteiger partial charge in [-0.05, 0) is 59.4 Å². The first-order valence-corrected chi connectivity index (χ1v) is 19.7. The number of aliphatic hydroxyl groups excluding tert-OH is 4. The van der Waals surface area contributed by atoms with Gasteiger partial charge >= 0.3 is 5.97 Å². The minimum Gasteiger partial charge on any atom is -0.507 e. The molecule has 0 bridgehead atoms. The molecule has 2 aliphatic rings. The highest BCUT2D eigenvalue weighted by Gasteiger charge is 2.56. The maximum absolute atomic E-state index is 15.0. The number of hydrogen-bond donors (Lipinski definition) is 9. The molecule has 1 fully saturated rings. The van der Waals surface area contributed by atoms with E-state index in [1.54, 1.807) is 30.3 Å². The number of nitrogens with two attached hydrogens (primary N) is 2. The second kappa shape index (κ2) is 19.4. The van der Waals surface area contributed by atoms with Gasteiger partial charge in [-0.2, -0.15) is 0 Å². The number of aliphatic hydroxyl groups is 6. The summed E-state index contributed by atoms with van der Waals surface area (Å²) in [4.78, 5) is 58.3. The number of phenols is 1. The topological polar surface area (TPSA) is 311 Å². The molecular weight excluding hydrogens is 823 g/mol. The molecule has 0 radical (unpaired) electrons. The first kappa shape index (κ1) is 46.2. The Bertz CT molecular complexity index is 2490. The summed E-state index contributed by atoms with van der Waals surface area (Å²) in [6.45, 7) is 0.487. The van der Waals surface area contributed by atoms with E-state index >= 15 is 0 Å². The summed E-state index contributed by atoms with van der Waals surface area (Å²) in [5.41, 5.74) is 10.9. The minimum atomic E-state index is -3.03. The number of guanidine groups is 1. The number of fused-ring (bicyclic) bond motifs is 2. The maximum Gasteiger partial charge on any atom is 0.308 e. The van der Waals surface area contributed by atoms with E-state index in [9.17, 15) is 54.9 Å². The molecule has 1 aliphatic heterocycles. The van der Waals surface area contributed by atoms with E-state index in [-0.39, 0.29) is 88.1 Å². The van der Waals surface area contributed by atoms with Crippen molar-refractivity contribution >= 4 is 41.9 Å². The van der Waals surface area contributed by atoms with Crippen molar-refractivity contribution < 1.29 is 73.9 Å². The fourth-order valence-corrected chi connectivity index (χ4v) is 7.68. The standard InChI is InChI=1S/C45H47N3O15/c1-22-41(57)45(58,59)42(60-14-12-48-44(46)47)43(61-22)63-34-18-31-37(38(54)30(34)16-26-7-4-8-27(19-50)32(26)21-52)40(56)35-28(20-51)17-33(62-23(2)53)29(36(35)39(31)55)10-9-24-5-3-6-25(15-24)11-13-49/h3-10,15,17-18,21-22,41-43,49-51,54,57-59H,11-14,16,19-20H2,1-2H3,(H4,46,47,48). The van der Waals surface area contributed by atoms with Crippen LogP contribution in [0.4, 0.5) is 0 Å². The molecule has 4 aromatic rings. The number of carbonyl (C=O) groups is 4. The van der Waals surface area contributed by atoms with Crippen LogP contribution in [0.3, 0.4) is 0 Å². The van der Waals surface area contributed by atoms with Crippen molar-refractivity contribution in [3.05, 3.63) is 121 Å². The number of phenolic OH excluding ortho intramolecular Hbond substituents is 1. The molecule has 18 nitrogen and oxygen atoms in total. The molecule has 1 saturated heterocycles. The number of aromatic hydroxyl groups is 1. The molecule has 4 unspecified atom stereocenters. The lowest BCUT2D eigenvalue weighted by Crippen LogP contribution is -2.67. The largest absolute Gasteiger partial charge is 0.507 e. The average molecular weight is 870 g/mol. The van der Waals surface area contributed by atoms with Gasteiger partial charge in [0.05, 0.1) is 38.0 Å². The quantitative estimate of drug-likeness (QED) is 0.00977. The molecule has 4 atom stereocenters. The SMILES string of the molecule is CC(=O)Oc1cc(CO)c2c(c1C=Cc1cccc(CCO)c1)C(=O)c1cc(OC3OC(C)C(O)C(O)(O)C3OCCN=C(N)N)c(Cc3cccc(CO)c3C=O)c(O)c1C2=O. The van der Waals surface area contributed by atoms with Crippen LogP contribution < -0.4 is 20.9 Å². The van der Waals surface area contributed by atoms with Gasteiger partial charge in [-0.3, -0.25) is 24.2 Å². The van der Waals surface area contributed by atoms with Crippen LogP contribution in [-0.2, 0) is 40.3 Å². The zero-order chi connectivity index (χ0) is 45.7. The predicted octanol–water partition coefficient (Wildman–Crippen LogP) is 1.01. The number of ether oxygens (including phenoxy) is 4. The van der Waals surface area contributed by atoms with Crippen molar-refractivity contribution in [1.29, 1.82) is 0 Å². The van der Waals surface area contributed by atoms with E-state index in [1.165, 1.54) is 31.2 Å². The van der Waals surface area contributed by atoms with E-state index in [0.717, 1.165) is 18.6 Å². The molecule has 0 amide bonds. The van der Waals surface area contributed by atoms with E-state index in [2.05, 4.69) is 4.99 Å². The summed E-state index contributed by atoms with van der Waals surface area (Å²) in [7, 11) is 0. The second-order valence-corrected chi connectivity index (χ2v) is 14.9. The molecule has 4 aromatic carbocycles. The van der Waals surface area contributed by atoms with E-state index < -0.39 is 78.0 Å². The average Bonchev–Trinajstić information content (AvgIpc) is 3.24. The normalized spacial score (nSPS) is 19.0. The highest BCUT2D eigenvalue weighted by atomic mass is 16.7.